The Morgan fingerprint density at radius 3 is 2.21 bits per heavy atom. The average molecular weight is 399 g/mol. The maximum absolute atomic E-state index is 12.5. The number of hydrogen-bond acceptors (Lipinski definition) is 5. The van der Waals surface area contributed by atoms with Crippen LogP contribution in [0.2, 0.25) is 0 Å². The van der Waals surface area contributed by atoms with Crippen LogP contribution in [0.25, 0.3) is 0 Å². The second kappa shape index (κ2) is 9.91. The van der Waals surface area contributed by atoms with Gasteiger partial charge in [-0.1, -0.05) is 12.1 Å². The number of benzene rings is 2. The molecular weight excluding hydrogens is 370 g/mol. The van der Waals surface area contributed by atoms with Crippen LogP contribution in [0.4, 0.5) is 10.5 Å². The summed E-state index contributed by atoms with van der Waals surface area (Å²) in [6.45, 7) is 3.54. The molecule has 2 aromatic rings. The molecule has 0 saturated carbocycles. The van der Waals surface area contributed by atoms with Gasteiger partial charge in [0.05, 0.1) is 21.3 Å². The number of carbonyl (C=O) groups is 1. The maximum atomic E-state index is 12.5. The van der Waals surface area contributed by atoms with Gasteiger partial charge < -0.3 is 29.3 Å². The van der Waals surface area contributed by atoms with E-state index >= 15 is 0 Å². The molecule has 0 bridgehead atoms. The highest BCUT2D eigenvalue weighted by molar-refractivity contribution is 5.74. The Hall–Kier alpha value is -3.09. The number of ether oxygens (including phenoxy) is 3. The van der Waals surface area contributed by atoms with Gasteiger partial charge in [0, 0.05) is 44.5 Å². The third kappa shape index (κ3) is 5.25. The lowest BCUT2D eigenvalue weighted by Crippen LogP contribution is -2.52. The molecule has 3 rings (SSSR count). The fourth-order valence-electron chi connectivity index (χ4n) is 3.41. The van der Waals surface area contributed by atoms with Gasteiger partial charge in [0.15, 0.2) is 11.5 Å². The summed E-state index contributed by atoms with van der Waals surface area (Å²) in [5, 5.41) is 3.02. The van der Waals surface area contributed by atoms with Gasteiger partial charge in [0.25, 0.3) is 0 Å². The molecule has 7 nitrogen and oxygen atoms in total. The van der Waals surface area contributed by atoms with E-state index in [-0.39, 0.29) is 6.03 Å². The summed E-state index contributed by atoms with van der Waals surface area (Å²) in [6.07, 6.45) is 0.793. The summed E-state index contributed by atoms with van der Waals surface area (Å²) in [4.78, 5) is 16.6. The van der Waals surface area contributed by atoms with Crippen molar-refractivity contribution in [3.05, 3.63) is 48.0 Å². The van der Waals surface area contributed by atoms with Crippen molar-refractivity contribution in [2.45, 2.75) is 6.42 Å². The lowest BCUT2D eigenvalue weighted by atomic mass is 10.1. The SMILES string of the molecule is COc1ccc(CCNC(=O)N2CCN(c3ccc(OC)c(OC)c3)CC2)cc1. The molecule has 0 atom stereocenters. The zero-order valence-corrected chi connectivity index (χ0v) is 17.3. The smallest absolute Gasteiger partial charge is 0.317 e. The second-order valence-corrected chi connectivity index (χ2v) is 6.84. The lowest BCUT2D eigenvalue weighted by molar-refractivity contribution is 0.194. The highest BCUT2D eigenvalue weighted by Gasteiger charge is 2.21. The van der Waals surface area contributed by atoms with Gasteiger partial charge in [-0.25, -0.2) is 4.79 Å². The minimum Gasteiger partial charge on any atom is -0.497 e. The Bertz CT molecular complexity index is 802. The molecule has 1 aliphatic heterocycles. The summed E-state index contributed by atoms with van der Waals surface area (Å²) in [6, 6.07) is 13.8. The molecule has 29 heavy (non-hydrogen) atoms. The van der Waals surface area contributed by atoms with Crippen molar-refractivity contribution in [2.24, 2.45) is 0 Å². The molecule has 7 heteroatoms. The zero-order chi connectivity index (χ0) is 20.6. The molecule has 1 N–H and O–H groups in total. The van der Waals surface area contributed by atoms with Crippen LogP contribution in [-0.4, -0.2) is 65.0 Å². The number of anilines is 1. The van der Waals surface area contributed by atoms with E-state index in [9.17, 15) is 4.79 Å². The van der Waals surface area contributed by atoms with E-state index in [2.05, 4.69) is 10.2 Å². The van der Waals surface area contributed by atoms with Gasteiger partial charge in [-0.3, -0.25) is 0 Å². The van der Waals surface area contributed by atoms with E-state index in [4.69, 9.17) is 14.2 Å². The van der Waals surface area contributed by atoms with Crippen molar-refractivity contribution in [1.29, 1.82) is 0 Å². The van der Waals surface area contributed by atoms with Crippen LogP contribution in [0.1, 0.15) is 5.56 Å². The fourth-order valence-corrected chi connectivity index (χ4v) is 3.41. The Kier molecular flexibility index (Phi) is 7.05. The normalized spacial score (nSPS) is 13.8. The number of rotatable bonds is 7. The molecule has 2 aromatic carbocycles. The van der Waals surface area contributed by atoms with Crippen LogP contribution in [0.15, 0.2) is 42.5 Å². The maximum Gasteiger partial charge on any atom is 0.317 e. The molecule has 0 spiro atoms. The number of amides is 2. The zero-order valence-electron chi connectivity index (χ0n) is 17.3. The van der Waals surface area contributed by atoms with E-state index in [1.165, 1.54) is 5.56 Å². The van der Waals surface area contributed by atoms with Crippen LogP contribution in [-0.2, 0) is 6.42 Å². The molecule has 156 valence electrons. The summed E-state index contributed by atoms with van der Waals surface area (Å²) < 4.78 is 15.8. The first kappa shape index (κ1) is 20.6. The van der Waals surface area contributed by atoms with Gasteiger partial charge in [0.2, 0.25) is 0 Å². The van der Waals surface area contributed by atoms with Crippen LogP contribution < -0.4 is 24.4 Å². The van der Waals surface area contributed by atoms with Crippen molar-refractivity contribution in [1.82, 2.24) is 10.2 Å². The minimum absolute atomic E-state index is 0.00882. The van der Waals surface area contributed by atoms with E-state index in [0.717, 1.165) is 30.9 Å². The predicted octanol–water partition coefficient (Wildman–Crippen LogP) is 2.79. The van der Waals surface area contributed by atoms with Crippen molar-refractivity contribution < 1.29 is 19.0 Å². The number of nitrogens with one attached hydrogen (secondary N) is 1. The number of carbonyl (C=O) groups excluding carboxylic acids is 1. The van der Waals surface area contributed by atoms with Crippen molar-refractivity contribution in [2.75, 3.05) is 59.0 Å². The molecule has 1 fully saturated rings. The quantitative estimate of drug-likeness (QED) is 0.776. The van der Waals surface area contributed by atoms with E-state index < -0.39 is 0 Å². The topological polar surface area (TPSA) is 63.3 Å². The third-order valence-corrected chi connectivity index (χ3v) is 5.15. The first-order valence-electron chi connectivity index (χ1n) is 9.77. The van der Waals surface area contributed by atoms with Gasteiger partial charge in [-0.05, 0) is 36.2 Å². The first-order valence-corrected chi connectivity index (χ1v) is 9.77. The summed E-state index contributed by atoms with van der Waals surface area (Å²) >= 11 is 0. The van der Waals surface area contributed by atoms with Crippen LogP contribution in [0.3, 0.4) is 0 Å². The summed E-state index contributed by atoms with van der Waals surface area (Å²) in [5.41, 5.74) is 2.24. The molecule has 0 radical (unpaired) electrons. The largest absolute Gasteiger partial charge is 0.497 e. The predicted molar refractivity (Wildman–Crippen MR) is 113 cm³/mol. The monoisotopic (exact) mass is 399 g/mol. The van der Waals surface area contributed by atoms with Gasteiger partial charge in [-0.2, -0.15) is 0 Å². The highest BCUT2D eigenvalue weighted by atomic mass is 16.5. The molecule has 0 aromatic heterocycles. The molecule has 0 unspecified atom stereocenters. The van der Waals surface area contributed by atoms with Crippen LogP contribution in [0.5, 0.6) is 17.2 Å². The van der Waals surface area contributed by atoms with Crippen molar-refractivity contribution >= 4 is 11.7 Å². The summed E-state index contributed by atoms with van der Waals surface area (Å²) in [5.74, 6) is 2.26. The molecule has 1 aliphatic rings. The summed E-state index contributed by atoms with van der Waals surface area (Å²) in [7, 11) is 4.92. The number of urea groups is 1. The van der Waals surface area contributed by atoms with Crippen molar-refractivity contribution in [3.63, 3.8) is 0 Å². The standard InChI is InChI=1S/C22H29N3O4/c1-27-19-7-4-17(5-8-19)10-11-23-22(26)25-14-12-24(13-15-25)18-6-9-20(28-2)21(16-18)29-3/h4-9,16H,10-15H2,1-3H3,(H,23,26). The Balaban J connectivity index is 1.45. The van der Waals surface area contributed by atoms with Crippen LogP contribution in [0, 0.1) is 0 Å². The number of methoxy groups -OCH3 is 3. The molecule has 1 saturated heterocycles. The Labute approximate surface area is 172 Å². The first-order chi connectivity index (χ1) is 14.1. The van der Waals surface area contributed by atoms with E-state index in [0.29, 0.717) is 31.1 Å². The molecule has 0 aliphatic carbocycles. The molecular formula is C22H29N3O4. The third-order valence-electron chi connectivity index (χ3n) is 5.15. The second-order valence-electron chi connectivity index (χ2n) is 6.84. The highest BCUT2D eigenvalue weighted by Crippen LogP contribution is 2.31. The Morgan fingerprint density at radius 1 is 0.897 bits per heavy atom. The van der Waals surface area contributed by atoms with E-state index in [1.54, 1.807) is 21.3 Å². The lowest BCUT2D eigenvalue weighted by Gasteiger charge is -2.36. The minimum atomic E-state index is -0.00882. The van der Waals surface area contributed by atoms with Gasteiger partial charge >= 0.3 is 6.03 Å². The van der Waals surface area contributed by atoms with E-state index in [1.807, 2.05) is 47.4 Å². The van der Waals surface area contributed by atoms with Gasteiger partial charge in [-0.15, -0.1) is 0 Å². The number of nitrogens with zero attached hydrogens (tertiary/aromatic N) is 2. The molecule has 1 heterocycles. The average Bonchev–Trinajstić information content (AvgIpc) is 2.79. The van der Waals surface area contributed by atoms with Gasteiger partial charge in [0.1, 0.15) is 5.75 Å². The molecule has 2 amide bonds. The number of hydrogen-bond donors (Lipinski definition) is 1. The Morgan fingerprint density at radius 2 is 1.59 bits per heavy atom. The number of piperazine rings is 1. The van der Waals surface area contributed by atoms with Crippen molar-refractivity contribution in [3.8, 4) is 17.2 Å². The van der Waals surface area contributed by atoms with Crippen LogP contribution >= 0.6 is 0 Å². The fraction of sp³-hybridized carbons (Fsp3) is 0.409.